The Hall–Kier alpha value is -8.62. The van der Waals surface area contributed by atoms with E-state index in [2.05, 4.69) is 239 Å². The highest BCUT2D eigenvalue weighted by Gasteiger charge is 2.54. The zero-order valence-electron chi connectivity index (χ0n) is 41.1. The molecule has 8 aliphatic rings. The highest BCUT2D eigenvalue weighted by molar-refractivity contribution is 8.00. The summed E-state index contributed by atoms with van der Waals surface area (Å²) in [7, 11) is 0. The van der Waals surface area contributed by atoms with Crippen LogP contribution >= 0.6 is 23.5 Å². The van der Waals surface area contributed by atoms with Gasteiger partial charge in [-0.2, -0.15) is 0 Å². The molecule has 11 heteroatoms. The van der Waals surface area contributed by atoms with Gasteiger partial charge >= 0.3 is 0 Å². The van der Waals surface area contributed by atoms with Crippen LogP contribution in [0.5, 0.6) is 23.0 Å². The second-order valence-corrected chi connectivity index (χ2v) is 23.5. The third-order valence-corrected chi connectivity index (χ3v) is 19.9. The molecule has 0 radical (unpaired) electrons. The maximum Gasteiger partial charge on any atom is 0.253 e. The van der Waals surface area contributed by atoms with E-state index in [4.69, 9.17) is 9.47 Å². The Morgan fingerprint density at radius 3 is 1.14 bits per heavy atom. The molecule has 8 heterocycles. The normalized spacial score (nSPS) is 14.9. The summed E-state index contributed by atoms with van der Waals surface area (Å²) in [6, 6.07) is 84.1. The Morgan fingerprint density at radius 1 is 0.260 bits per heavy atom. The zero-order valence-corrected chi connectivity index (χ0v) is 42.8. The van der Waals surface area contributed by atoms with E-state index in [0.717, 1.165) is 34.4 Å². The first-order valence-electron chi connectivity index (χ1n) is 26.6. The summed E-state index contributed by atoms with van der Waals surface area (Å²) in [5, 5.41) is 0. The molecule has 11 aromatic rings. The molecule has 0 atom stereocenters. The van der Waals surface area contributed by atoms with Crippen molar-refractivity contribution in [1.29, 1.82) is 0 Å². The highest BCUT2D eigenvalue weighted by atomic mass is 32.2. The molecular weight excluding hydrogens is 974 g/mol. The first-order chi connectivity index (χ1) is 38.2. The number of rotatable bonds is 2. The van der Waals surface area contributed by atoms with Gasteiger partial charge in [0.1, 0.15) is 23.0 Å². The molecule has 0 bridgehead atoms. The minimum absolute atomic E-state index is 0.0152. The van der Waals surface area contributed by atoms with Gasteiger partial charge in [-0.1, -0.05) is 168 Å². The predicted molar refractivity (Wildman–Crippen MR) is 323 cm³/mol. The number of para-hydroxylation sites is 6. The van der Waals surface area contributed by atoms with Crippen LogP contribution in [-0.2, 0) is 0 Å². The topological polar surface area (TPSA) is 28.2 Å². The van der Waals surface area contributed by atoms with Crippen LogP contribution in [0.15, 0.2) is 244 Å². The van der Waals surface area contributed by atoms with Crippen molar-refractivity contribution < 1.29 is 9.47 Å². The summed E-state index contributed by atoms with van der Waals surface area (Å²) in [5.74, 6) is 3.76. The average Bonchev–Trinajstić information content (AvgIpc) is 3.66. The van der Waals surface area contributed by atoms with Crippen LogP contribution < -0.4 is 89.7 Å². The van der Waals surface area contributed by atoms with Crippen LogP contribution in [0.2, 0.25) is 0 Å². The molecule has 0 fully saturated rings. The van der Waals surface area contributed by atoms with Crippen LogP contribution in [0.25, 0.3) is 0 Å². The molecule has 0 aromatic heterocycles. The monoisotopic (exact) mass is 1010 g/mol. The predicted octanol–water partition coefficient (Wildman–Crippen LogP) is 8.56. The van der Waals surface area contributed by atoms with Gasteiger partial charge in [0.05, 0.1) is 0 Å². The van der Waals surface area contributed by atoms with Gasteiger partial charge in [0.25, 0.3) is 26.9 Å². The van der Waals surface area contributed by atoms with E-state index in [1.807, 2.05) is 23.5 Å². The Morgan fingerprint density at radius 2 is 0.662 bits per heavy atom. The van der Waals surface area contributed by atoms with Crippen molar-refractivity contribution in [2.45, 2.75) is 19.6 Å². The number of fused-ring (bicyclic) bond motifs is 18. The Bertz CT molecular complexity index is 4220. The molecule has 0 unspecified atom stereocenters. The maximum atomic E-state index is 6.74. The van der Waals surface area contributed by atoms with E-state index in [1.165, 1.54) is 125 Å². The van der Waals surface area contributed by atoms with Crippen LogP contribution in [0.3, 0.4) is 0 Å². The van der Waals surface area contributed by atoms with E-state index >= 15 is 0 Å². The van der Waals surface area contributed by atoms with Crippen molar-refractivity contribution >= 4 is 167 Å². The number of benzene rings is 11. The first-order valence-corrected chi connectivity index (χ1v) is 28.2. The van der Waals surface area contributed by atoms with Crippen molar-refractivity contribution in [3.63, 3.8) is 0 Å². The molecule has 11 aromatic carbocycles. The highest BCUT2D eigenvalue weighted by Crippen LogP contribution is 2.52. The van der Waals surface area contributed by atoms with E-state index in [-0.39, 0.29) is 26.9 Å². The largest absolute Gasteiger partial charge is 0.458 e. The van der Waals surface area contributed by atoms with Crippen molar-refractivity contribution in [3.8, 4) is 23.0 Å². The quantitative estimate of drug-likeness (QED) is 0.161. The van der Waals surface area contributed by atoms with E-state index < -0.39 is 0 Å². The van der Waals surface area contributed by atoms with Crippen LogP contribution in [-0.4, -0.2) is 26.9 Å². The van der Waals surface area contributed by atoms with Crippen LogP contribution in [0.1, 0.15) is 0 Å². The minimum Gasteiger partial charge on any atom is -0.458 e. The molecular formula is C66H37B4N3O2S2. The van der Waals surface area contributed by atoms with Crippen molar-refractivity contribution in [3.05, 3.63) is 224 Å². The molecule has 352 valence electrons. The van der Waals surface area contributed by atoms with Gasteiger partial charge in [0.15, 0.2) is 0 Å². The summed E-state index contributed by atoms with van der Waals surface area (Å²) in [5.41, 5.74) is 26.4. The minimum atomic E-state index is -0.0738. The lowest BCUT2D eigenvalue weighted by Crippen LogP contribution is -2.70. The lowest BCUT2D eigenvalue weighted by Gasteiger charge is -2.51. The standard InChI is InChI=1S/C66H37B4N3O2S2/c1-3-17-38(18-4-1)71-48-25-11-7-21-40(48)67-44-33-46-60(76-58-31-15-29-56-64(58)69(46)42-23-9-13-27-54(42)74-56)36-50(44)73-51-37-61-47(70-43-24-10-14-28-55(43)75-57-30-16-32-59(77-61)65(57)70)34-45(51)68-41-22-8-12-26-49(41)72(39-19-5-2-6-20-39)53-35-52(71)62(67)66(73)63(53)68/h1-37H. The lowest BCUT2D eigenvalue weighted by atomic mass is 9.27. The summed E-state index contributed by atoms with van der Waals surface area (Å²) in [6.45, 7) is -0.117. The third-order valence-electron chi connectivity index (χ3n) is 17.6. The van der Waals surface area contributed by atoms with Crippen LogP contribution in [0, 0.1) is 0 Å². The SMILES string of the molecule is c1ccc(N2c3ccccc3B3c4cc5c(cc4N4c6cc7c(cc6B6c8ccccc8N(c8ccccc8)c8cc2c3c4c86)B2c3ccccc3Oc3cccc(c32)S7)Sc2cccc3c2B5c2ccccc2O3)cc1. The van der Waals surface area contributed by atoms with E-state index in [9.17, 15) is 0 Å². The van der Waals surface area contributed by atoms with Gasteiger partial charge in [0, 0.05) is 70.8 Å². The molecule has 0 saturated heterocycles. The fourth-order valence-electron chi connectivity index (χ4n) is 14.7. The molecule has 0 saturated carbocycles. The zero-order chi connectivity index (χ0) is 49.8. The van der Waals surface area contributed by atoms with Crippen molar-refractivity contribution in [2.24, 2.45) is 0 Å². The number of nitrogens with zero attached hydrogens (tertiary/aromatic N) is 3. The third kappa shape index (κ3) is 5.38. The number of hydrogen-bond acceptors (Lipinski definition) is 7. The van der Waals surface area contributed by atoms with Gasteiger partial charge in [-0.3, -0.25) is 0 Å². The summed E-state index contributed by atoms with van der Waals surface area (Å²) < 4.78 is 13.5. The number of ether oxygens (including phenoxy) is 2. The van der Waals surface area contributed by atoms with E-state index in [1.54, 1.807) is 0 Å². The van der Waals surface area contributed by atoms with Gasteiger partial charge in [-0.15, -0.1) is 0 Å². The Kier molecular flexibility index (Phi) is 8.14. The lowest BCUT2D eigenvalue weighted by molar-refractivity contribution is 0.486. The Labute approximate surface area is 455 Å². The summed E-state index contributed by atoms with van der Waals surface area (Å²) >= 11 is 3.78. The molecule has 0 spiro atoms. The Balaban J connectivity index is 0.963. The van der Waals surface area contributed by atoms with Gasteiger partial charge in [-0.25, -0.2) is 0 Å². The molecule has 19 rings (SSSR count). The van der Waals surface area contributed by atoms with E-state index in [0.29, 0.717) is 0 Å². The van der Waals surface area contributed by atoms with Crippen molar-refractivity contribution in [1.82, 2.24) is 0 Å². The number of anilines is 9. The molecule has 0 N–H and O–H groups in total. The number of hydrogen-bond donors (Lipinski definition) is 0. The molecule has 0 amide bonds. The second kappa shape index (κ2) is 15.1. The molecule has 0 aliphatic carbocycles. The first kappa shape index (κ1) is 41.6. The second-order valence-electron chi connectivity index (χ2n) is 21.3. The van der Waals surface area contributed by atoms with Crippen LogP contribution in [0.4, 0.5) is 51.2 Å². The maximum absolute atomic E-state index is 6.74. The fourth-order valence-corrected chi connectivity index (χ4v) is 17.1. The summed E-state index contributed by atoms with van der Waals surface area (Å²) in [6.07, 6.45) is 0. The summed E-state index contributed by atoms with van der Waals surface area (Å²) in [4.78, 5) is 12.9. The van der Waals surface area contributed by atoms with Crippen molar-refractivity contribution in [2.75, 3.05) is 14.7 Å². The van der Waals surface area contributed by atoms with Gasteiger partial charge < -0.3 is 24.2 Å². The fraction of sp³-hybridized carbons (Fsp3) is 0. The van der Waals surface area contributed by atoms with Gasteiger partial charge in [0.2, 0.25) is 0 Å². The smallest absolute Gasteiger partial charge is 0.253 e. The van der Waals surface area contributed by atoms with Gasteiger partial charge in [-0.05, 0) is 146 Å². The molecule has 5 nitrogen and oxygen atoms in total. The average molecular weight is 1010 g/mol. The molecule has 77 heavy (non-hydrogen) atoms. The molecule has 8 aliphatic heterocycles.